The van der Waals surface area contributed by atoms with Crippen molar-refractivity contribution in [2.45, 2.75) is 0 Å². The summed E-state index contributed by atoms with van der Waals surface area (Å²) in [5.41, 5.74) is 1.08. The van der Waals surface area contributed by atoms with Crippen molar-refractivity contribution in [2.75, 3.05) is 20.1 Å². The molecule has 0 aliphatic carbocycles. The van der Waals surface area contributed by atoms with Gasteiger partial charge in [0.25, 0.3) is 0 Å². The van der Waals surface area contributed by atoms with Crippen LogP contribution < -0.4 is 4.74 Å². The molecule has 0 bridgehead atoms. The number of pyridine rings is 1. The quantitative estimate of drug-likeness (QED) is 0.847. The summed E-state index contributed by atoms with van der Waals surface area (Å²) in [5, 5.41) is 0. The highest BCUT2D eigenvalue weighted by atomic mass is 16.5. The Morgan fingerprint density at radius 2 is 1.95 bits per heavy atom. The summed E-state index contributed by atoms with van der Waals surface area (Å²) < 4.78 is 5.78. The number of hydrogen-bond donors (Lipinski definition) is 0. The van der Waals surface area contributed by atoms with E-state index in [9.17, 15) is 0 Å². The second kappa shape index (κ2) is 5.88. The van der Waals surface area contributed by atoms with E-state index in [4.69, 9.17) is 4.74 Å². The molecule has 3 heteroatoms. The van der Waals surface area contributed by atoms with Gasteiger partial charge in [-0.15, -0.1) is 0 Å². The highest BCUT2D eigenvalue weighted by Gasteiger charge is 2.19. The Balaban J connectivity index is 1.66. The lowest BCUT2D eigenvalue weighted by molar-refractivity contribution is 0.170. The van der Waals surface area contributed by atoms with Crippen LogP contribution in [-0.4, -0.2) is 30.0 Å². The van der Waals surface area contributed by atoms with Crippen LogP contribution in [0.3, 0.4) is 0 Å². The first-order valence-electron chi connectivity index (χ1n) is 6.84. The van der Waals surface area contributed by atoms with E-state index in [1.54, 1.807) is 6.20 Å². The van der Waals surface area contributed by atoms with Crippen molar-refractivity contribution in [1.29, 1.82) is 0 Å². The molecule has 0 amide bonds. The molecule has 0 saturated carbocycles. The minimum atomic E-state index is 0.665. The Hall–Kier alpha value is -2.13. The van der Waals surface area contributed by atoms with E-state index < -0.39 is 0 Å². The van der Waals surface area contributed by atoms with Crippen molar-refractivity contribution in [3.63, 3.8) is 0 Å². The first-order valence-corrected chi connectivity index (χ1v) is 6.84. The molecule has 0 radical (unpaired) electrons. The summed E-state index contributed by atoms with van der Waals surface area (Å²) in [5.74, 6) is 2.26. The molecule has 102 valence electrons. The number of para-hydroxylation sites is 1. The van der Waals surface area contributed by atoms with Crippen molar-refractivity contribution in [3.05, 3.63) is 60.4 Å². The summed E-state index contributed by atoms with van der Waals surface area (Å²) in [6, 6.07) is 11.8. The molecule has 3 rings (SSSR count). The molecule has 3 nitrogen and oxygen atoms in total. The molecule has 0 atom stereocenters. The minimum Gasteiger partial charge on any atom is -0.456 e. The van der Waals surface area contributed by atoms with Gasteiger partial charge in [-0.25, -0.2) is 0 Å². The maximum Gasteiger partial charge on any atom is 0.146 e. The average Bonchev–Trinajstić information content (AvgIpc) is 2.44. The third-order valence-electron chi connectivity index (χ3n) is 3.37. The van der Waals surface area contributed by atoms with Gasteiger partial charge in [0.15, 0.2) is 0 Å². The van der Waals surface area contributed by atoms with Crippen LogP contribution >= 0.6 is 0 Å². The van der Waals surface area contributed by atoms with Crippen molar-refractivity contribution >= 4 is 6.08 Å². The third kappa shape index (κ3) is 3.25. The lowest BCUT2D eigenvalue weighted by Crippen LogP contribution is -2.42. The van der Waals surface area contributed by atoms with Crippen molar-refractivity contribution in [2.24, 2.45) is 5.92 Å². The average molecular weight is 266 g/mol. The molecule has 2 aromatic rings. The van der Waals surface area contributed by atoms with E-state index in [1.807, 2.05) is 42.6 Å². The number of benzene rings is 1. The molecular formula is C17H18N2O. The summed E-state index contributed by atoms with van der Waals surface area (Å²) in [7, 11) is 2.14. The zero-order valence-corrected chi connectivity index (χ0v) is 11.6. The number of rotatable bonds is 4. The zero-order valence-electron chi connectivity index (χ0n) is 11.6. The Bertz CT molecular complexity index is 589. The molecule has 1 aliphatic rings. The topological polar surface area (TPSA) is 25.4 Å². The van der Waals surface area contributed by atoms with Crippen molar-refractivity contribution in [1.82, 2.24) is 9.88 Å². The molecule has 1 aromatic carbocycles. The van der Waals surface area contributed by atoms with Gasteiger partial charge in [-0.2, -0.15) is 0 Å². The van der Waals surface area contributed by atoms with E-state index in [-0.39, 0.29) is 0 Å². The van der Waals surface area contributed by atoms with E-state index >= 15 is 0 Å². The van der Waals surface area contributed by atoms with Crippen LogP contribution in [0.25, 0.3) is 6.08 Å². The summed E-state index contributed by atoms with van der Waals surface area (Å²) in [6.45, 7) is 2.29. The standard InChI is InChI=1S/C17H18N2O/c1-19-12-15(13-19)8-7-14-9-17(11-18-10-14)20-16-5-3-2-4-6-16/h2-11,15H,12-13H2,1H3. The molecule has 1 saturated heterocycles. The van der Waals surface area contributed by atoms with Crippen LogP contribution in [0.5, 0.6) is 11.5 Å². The fourth-order valence-electron chi connectivity index (χ4n) is 2.32. The Kier molecular flexibility index (Phi) is 3.79. The fraction of sp³-hybridized carbons (Fsp3) is 0.235. The smallest absolute Gasteiger partial charge is 0.146 e. The van der Waals surface area contributed by atoms with Gasteiger partial charge in [0.2, 0.25) is 0 Å². The molecule has 1 aromatic heterocycles. The highest BCUT2D eigenvalue weighted by molar-refractivity contribution is 5.51. The summed E-state index contributed by atoms with van der Waals surface area (Å²) in [4.78, 5) is 6.54. The highest BCUT2D eigenvalue weighted by Crippen LogP contribution is 2.22. The molecule has 0 N–H and O–H groups in total. The summed E-state index contributed by atoms with van der Waals surface area (Å²) in [6.07, 6.45) is 7.98. The van der Waals surface area contributed by atoms with Crippen LogP contribution in [0.2, 0.25) is 0 Å². The molecule has 0 unspecified atom stereocenters. The molecule has 1 fully saturated rings. The number of aromatic nitrogens is 1. The third-order valence-corrected chi connectivity index (χ3v) is 3.37. The lowest BCUT2D eigenvalue weighted by Gasteiger charge is -2.34. The number of ether oxygens (including phenoxy) is 1. The van der Waals surface area contributed by atoms with Gasteiger partial charge in [0.1, 0.15) is 11.5 Å². The van der Waals surface area contributed by atoms with Gasteiger partial charge in [0.05, 0.1) is 6.20 Å². The SMILES string of the molecule is CN1CC(C=Cc2cncc(Oc3ccccc3)c2)C1. The van der Waals surface area contributed by atoms with Crippen LogP contribution in [0, 0.1) is 5.92 Å². The van der Waals surface area contributed by atoms with E-state index in [2.05, 4.69) is 29.1 Å². The molecule has 2 heterocycles. The lowest BCUT2D eigenvalue weighted by atomic mass is 10.00. The van der Waals surface area contributed by atoms with Crippen molar-refractivity contribution < 1.29 is 4.74 Å². The number of likely N-dealkylation sites (tertiary alicyclic amines) is 1. The first-order chi connectivity index (χ1) is 9.79. The van der Waals surface area contributed by atoms with Gasteiger partial charge in [-0.3, -0.25) is 4.98 Å². The molecule has 1 aliphatic heterocycles. The molecule has 20 heavy (non-hydrogen) atoms. The number of nitrogens with zero attached hydrogens (tertiary/aromatic N) is 2. The van der Waals surface area contributed by atoms with E-state index in [0.717, 1.165) is 30.2 Å². The van der Waals surface area contributed by atoms with E-state index in [1.165, 1.54) is 0 Å². The van der Waals surface area contributed by atoms with Crippen LogP contribution in [0.15, 0.2) is 54.9 Å². The maximum atomic E-state index is 5.78. The summed E-state index contributed by atoms with van der Waals surface area (Å²) >= 11 is 0. The Morgan fingerprint density at radius 1 is 1.15 bits per heavy atom. The van der Waals surface area contributed by atoms with Crippen LogP contribution in [0.1, 0.15) is 5.56 Å². The van der Waals surface area contributed by atoms with Gasteiger partial charge < -0.3 is 9.64 Å². The first kappa shape index (κ1) is 12.9. The molecular weight excluding hydrogens is 248 g/mol. The second-order valence-corrected chi connectivity index (χ2v) is 5.21. The number of hydrogen-bond acceptors (Lipinski definition) is 3. The zero-order chi connectivity index (χ0) is 13.8. The van der Waals surface area contributed by atoms with Gasteiger partial charge in [-0.1, -0.05) is 30.4 Å². The Labute approximate surface area is 119 Å². The van der Waals surface area contributed by atoms with Gasteiger partial charge >= 0.3 is 0 Å². The molecule has 0 spiro atoms. The second-order valence-electron chi connectivity index (χ2n) is 5.21. The normalized spacial score (nSPS) is 16.2. The van der Waals surface area contributed by atoms with Crippen LogP contribution in [-0.2, 0) is 0 Å². The van der Waals surface area contributed by atoms with Gasteiger partial charge in [0, 0.05) is 25.2 Å². The maximum absolute atomic E-state index is 5.78. The van der Waals surface area contributed by atoms with Crippen molar-refractivity contribution in [3.8, 4) is 11.5 Å². The predicted octanol–water partition coefficient (Wildman–Crippen LogP) is 3.45. The fourth-order valence-corrected chi connectivity index (χ4v) is 2.32. The monoisotopic (exact) mass is 266 g/mol. The predicted molar refractivity (Wildman–Crippen MR) is 80.8 cm³/mol. The van der Waals surface area contributed by atoms with E-state index in [0.29, 0.717) is 5.92 Å². The largest absolute Gasteiger partial charge is 0.456 e. The Morgan fingerprint density at radius 3 is 2.70 bits per heavy atom. The van der Waals surface area contributed by atoms with Crippen LogP contribution in [0.4, 0.5) is 0 Å². The van der Waals surface area contributed by atoms with Gasteiger partial charge in [-0.05, 0) is 30.8 Å². The minimum absolute atomic E-state index is 0.665.